The molecule has 482 valence electrons. The maximum Gasteiger partial charge on any atom is 0.0542 e. The van der Waals surface area contributed by atoms with Gasteiger partial charge in [0.25, 0.3) is 0 Å². The number of thiophene rings is 14. The van der Waals surface area contributed by atoms with Gasteiger partial charge in [0.1, 0.15) is 0 Å². The Bertz CT molecular complexity index is 4380. The summed E-state index contributed by atoms with van der Waals surface area (Å²) in [5, 5.41) is 0. The van der Waals surface area contributed by atoms with Crippen LogP contribution in [0.3, 0.4) is 0 Å². The highest BCUT2D eigenvalue weighted by atomic mass is 32.2. The van der Waals surface area contributed by atoms with Crippen LogP contribution in [0.4, 0.5) is 0 Å². The fourth-order valence-corrected chi connectivity index (χ4v) is 27.9. The lowest BCUT2D eigenvalue weighted by Crippen LogP contribution is -1.80. The summed E-state index contributed by atoms with van der Waals surface area (Å²) in [5.41, 5.74) is 2.67. The molecule has 0 bridgehead atoms. The fourth-order valence-electron chi connectivity index (χ4n) is 12.1. The molecule has 14 rings (SSSR count). The summed E-state index contributed by atoms with van der Waals surface area (Å²) < 4.78 is 0. The molecule has 14 aromatic heterocycles. The van der Waals surface area contributed by atoms with Gasteiger partial charge >= 0.3 is 0 Å². The van der Waals surface area contributed by atoms with Gasteiger partial charge in [-0.1, -0.05) is 105 Å². The van der Waals surface area contributed by atoms with Crippen LogP contribution >= 0.6 is 159 Å². The molecule has 0 saturated heterocycles. The second kappa shape index (κ2) is 32.2. The highest BCUT2D eigenvalue weighted by Crippen LogP contribution is 2.57. The van der Waals surface area contributed by atoms with Crippen LogP contribution in [0.2, 0.25) is 0 Å². The van der Waals surface area contributed by atoms with E-state index in [0.29, 0.717) is 0 Å². The number of hydrogen-bond donors (Lipinski definition) is 0. The van der Waals surface area contributed by atoms with Gasteiger partial charge in [0.2, 0.25) is 0 Å². The number of rotatable bonds is 33. The first-order valence-electron chi connectivity index (χ1n) is 33.8. The van der Waals surface area contributed by atoms with E-state index >= 15 is 0 Å². The third kappa shape index (κ3) is 15.9. The number of unbranched alkanes of at least 4 members (excludes halogenated alkanes) is 12. The zero-order valence-electron chi connectivity index (χ0n) is 53.9. The Kier molecular flexibility index (Phi) is 23.0. The molecule has 0 unspecified atom stereocenters. The topological polar surface area (TPSA) is 0 Å². The standard InChI is InChI=1S/C80H78S14/c1-5-9-13-17-21-51-25-29-59(81-51)63-37-41-69(87-63)67-35-33-57(85-67)55-49-77(75-47-45-73(91-75)71-43-39-65(89-71)61-31-27-53(83-61)23-19-15-11-7-3)93-79(55)80-56(58-34-36-68(86-58)70-42-38-64(88-70)60-30-26-52(82-60)22-18-14-10-6-2)50-78(94-80)76-48-46-74(92-76)72-44-40-66(90-72)62-32-28-54(84-62)24-20-16-12-8-4/h25-50H,5-24H2,1-4H3. The van der Waals surface area contributed by atoms with Crippen LogP contribution in [0.15, 0.2) is 158 Å². The summed E-state index contributed by atoms with van der Waals surface area (Å²) in [7, 11) is 0. The molecule has 0 aliphatic carbocycles. The minimum atomic E-state index is 1.19. The molecule has 94 heavy (non-hydrogen) atoms. The van der Waals surface area contributed by atoms with E-state index in [2.05, 4.69) is 185 Å². The van der Waals surface area contributed by atoms with Crippen LogP contribution in [0.1, 0.15) is 150 Å². The third-order valence-electron chi connectivity index (χ3n) is 17.2. The van der Waals surface area contributed by atoms with Crippen LogP contribution < -0.4 is 0 Å². The van der Waals surface area contributed by atoms with Crippen LogP contribution in [0, 0.1) is 0 Å². The Balaban J connectivity index is 0.819. The number of hydrogen-bond acceptors (Lipinski definition) is 14. The Morgan fingerprint density at radius 3 is 0.574 bits per heavy atom. The van der Waals surface area contributed by atoms with Crippen molar-refractivity contribution in [3.05, 3.63) is 177 Å². The van der Waals surface area contributed by atoms with Crippen molar-refractivity contribution < 1.29 is 0 Å². The van der Waals surface area contributed by atoms with Crippen molar-refractivity contribution in [1.29, 1.82) is 0 Å². The lowest BCUT2D eigenvalue weighted by molar-refractivity contribution is 0.670. The SMILES string of the molecule is CCCCCCc1ccc(-c2ccc(-c3ccc(-c4cc(-c5ccc(-c6ccc(-c7ccc(CCCCCC)s7)s6)s5)c(-c5sc(-c6ccc(-c7ccc(-c8ccc(CCCCCC)s8)s7)s6)cc5-c5ccc(-c6ccc(-c7ccc(CCCCCC)s7)s6)s5)s4)s3)s2)s1. The lowest BCUT2D eigenvalue weighted by Gasteiger charge is -2.03. The molecule has 0 aromatic carbocycles. The number of aryl methyl sites for hydroxylation is 4. The smallest absolute Gasteiger partial charge is 0.0542 e. The molecule has 0 radical (unpaired) electrons. The maximum absolute atomic E-state index is 2.55. The lowest BCUT2D eigenvalue weighted by atomic mass is 10.1. The zero-order chi connectivity index (χ0) is 63.7. The first-order chi connectivity index (χ1) is 46.3. The first kappa shape index (κ1) is 67.0. The van der Waals surface area contributed by atoms with Gasteiger partial charge in [-0.15, -0.1) is 159 Å². The fraction of sp³-hybridized carbons (Fsp3) is 0.300. The predicted molar refractivity (Wildman–Crippen MR) is 439 cm³/mol. The van der Waals surface area contributed by atoms with Crippen molar-refractivity contribution in [2.45, 2.75) is 156 Å². The zero-order valence-corrected chi connectivity index (χ0v) is 65.3. The van der Waals surface area contributed by atoms with Crippen LogP contribution in [0.25, 0.3) is 128 Å². The van der Waals surface area contributed by atoms with Crippen LogP contribution in [-0.2, 0) is 25.7 Å². The van der Waals surface area contributed by atoms with Crippen molar-refractivity contribution in [3.8, 4) is 128 Å². The molecule has 14 aromatic rings. The molecule has 0 aliphatic rings. The Labute approximate surface area is 613 Å². The second-order valence-corrected chi connectivity index (χ2v) is 39.8. The summed E-state index contributed by atoms with van der Waals surface area (Å²) in [5.74, 6) is 0. The molecule has 0 fully saturated rings. The molecule has 0 saturated carbocycles. The van der Waals surface area contributed by atoms with Crippen molar-refractivity contribution in [2.24, 2.45) is 0 Å². The van der Waals surface area contributed by atoms with E-state index in [1.807, 2.05) is 159 Å². The highest BCUT2D eigenvalue weighted by Gasteiger charge is 2.26. The normalized spacial score (nSPS) is 11.8. The quantitative estimate of drug-likeness (QED) is 0.0360. The average Bonchev–Trinajstić information content (AvgIpc) is 1.62. The minimum Gasteiger partial charge on any atom is -0.139 e. The third-order valence-corrected chi connectivity index (χ3v) is 35.0. The van der Waals surface area contributed by atoms with E-state index in [0.717, 1.165) is 0 Å². The van der Waals surface area contributed by atoms with Crippen molar-refractivity contribution in [2.75, 3.05) is 0 Å². The van der Waals surface area contributed by atoms with Gasteiger partial charge in [0.15, 0.2) is 0 Å². The van der Waals surface area contributed by atoms with Crippen molar-refractivity contribution >= 4 is 159 Å². The van der Waals surface area contributed by atoms with E-state index in [-0.39, 0.29) is 0 Å². The van der Waals surface area contributed by atoms with Crippen molar-refractivity contribution in [1.82, 2.24) is 0 Å². The molecule has 0 nitrogen and oxygen atoms in total. The maximum atomic E-state index is 2.55. The molecule has 14 heteroatoms. The Morgan fingerprint density at radius 2 is 0.351 bits per heavy atom. The van der Waals surface area contributed by atoms with Gasteiger partial charge in [-0.05, 0) is 209 Å². The largest absolute Gasteiger partial charge is 0.139 e. The summed E-state index contributed by atoms with van der Waals surface area (Å²) >= 11 is 27.5. The van der Waals surface area contributed by atoms with E-state index in [1.165, 1.54) is 276 Å². The monoisotopic (exact) mass is 1490 g/mol. The van der Waals surface area contributed by atoms with E-state index < -0.39 is 0 Å². The van der Waals surface area contributed by atoms with Crippen molar-refractivity contribution in [3.63, 3.8) is 0 Å². The first-order valence-corrected chi connectivity index (χ1v) is 45.2. The van der Waals surface area contributed by atoms with Crippen LogP contribution in [0.5, 0.6) is 0 Å². The second-order valence-electron chi connectivity index (χ2n) is 24.3. The molecule has 14 heterocycles. The van der Waals surface area contributed by atoms with Gasteiger partial charge in [0.05, 0.1) is 9.75 Å². The van der Waals surface area contributed by atoms with E-state index in [4.69, 9.17) is 0 Å². The predicted octanol–water partition coefficient (Wildman–Crippen LogP) is 32.7. The summed E-state index contributed by atoms with van der Waals surface area (Å²) in [4.78, 5) is 38.6. The molecular formula is C80H78S14. The molecule has 0 aliphatic heterocycles. The van der Waals surface area contributed by atoms with Gasteiger partial charge in [-0.25, -0.2) is 0 Å². The van der Waals surface area contributed by atoms with E-state index in [1.54, 1.807) is 0 Å². The molecule has 0 amide bonds. The van der Waals surface area contributed by atoms with Gasteiger partial charge in [-0.2, -0.15) is 0 Å². The summed E-state index contributed by atoms with van der Waals surface area (Å²) in [6.07, 6.45) is 25.6. The average molecular weight is 1490 g/mol. The van der Waals surface area contributed by atoms with E-state index in [9.17, 15) is 0 Å². The molecule has 0 spiro atoms. The summed E-state index contributed by atoms with van der Waals surface area (Å²) in [6, 6.07) is 62.1. The molecule has 0 N–H and O–H groups in total. The Hall–Kier alpha value is -4.20. The summed E-state index contributed by atoms with van der Waals surface area (Å²) in [6.45, 7) is 9.19. The van der Waals surface area contributed by atoms with Gasteiger partial charge < -0.3 is 0 Å². The minimum absolute atomic E-state index is 1.19. The van der Waals surface area contributed by atoms with Crippen LogP contribution in [-0.4, -0.2) is 0 Å². The molecular weight excluding hydrogens is 1410 g/mol. The Morgan fingerprint density at radius 1 is 0.170 bits per heavy atom. The highest BCUT2D eigenvalue weighted by molar-refractivity contribution is 7.33. The van der Waals surface area contributed by atoms with Gasteiger partial charge in [0, 0.05) is 138 Å². The van der Waals surface area contributed by atoms with Gasteiger partial charge in [-0.3, -0.25) is 0 Å². The molecule has 0 atom stereocenters.